The summed E-state index contributed by atoms with van der Waals surface area (Å²) < 4.78 is 36.3. The van der Waals surface area contributed by atoms with Gasteiger partial charge in [-0.25, -0.2) is 0 Å². The molecule has 0 saturated carbocycles. The number of benzene rings is 1. The van der Waals surface area contributed by atoms with Crippen molar-refractivity contribution in [3.05, 3.63) is 29.3 Å². The number of nitrogen functional groups attached to an aromatic ring is 1. The molecule has 1 aromatic carbocycles. The monoisotopic (exact) mass is 259 g/mol. The standard InChI is InChI=1S/C13H16F3NO/c14-13(15,16)6-1-5-12(18)7-4-9-8-10(17)2-3-11(9)12/h2-3,8,18H,1,4-7,17H2. The highest BCUT2D eigenvalue weighted by molar-refractivity contribution is 5.48. The van der Waals surface area contributed by atoms with E-state index in [1.165, 1.54) is 0 Å². The minimum atomic E-state index is -4.15. The molecule has 1 unspecified atom stereocenters. The van der Waals surface area contributed by atoms with E-state index in [1.807, 2.05) is 0 Å². The number of alkyl halides is 3. The zero-order chi connectivity index (χ0) is 13.4. The Morgan fingerprint density at radius 3 is 2.72 bits per heavy atom. The predicted octanol–water partition coefficient (Wildman–Crippen LogP) is 3.14. The minimum absolute atomic E-state index is 0.0518. The Morgan fingerprint density at radius 2 is 2.06 bits per heavy atom. The molecule has 0 saturated heterocycles. The molecular weight excluding hydrogens is 243 g/mol. The molecule has 0 fully saturated rings. The summed E-state index contributed by atoms with van der Waals surface area (Å²) in [5.74, 6) is 0. The van der Waals surface area contributed by atoms with Gasteiger partial charge in [-0.05, 0) is 48.9 Å². The number of fused-ring (bicyclic) bond motifs is 1. The van der Waals surface area contributed by atoms with Gasteiger partial charge in [0.2, 0.25) is 0 Å². The second-order valence-corrected chi connectivity index (χ2v) is 4.92. The number of aryl methyl sites for hydroxylation is 1. The molecule has 0 heterocycles. The van der Waals surface area contributed by atoms with Crippen LogP contribution in [0.5, 0.6) is 0 Å². The van der Waals surface area contributed by atoms with Gasteiger partial charge in [-0.1, -0.05) is 6.07 Å². The van der Waals surface area contributed by atoms with Crippen LogP contribution in [0, 0.1) is 0 Å². The molecule has 18 heavy (non-hydrogen) atoms. The Kier molecular flexibility index (Phi) is 3.27. The van der Waals surface area contributed by atoms with Crippen LogP contribution >= 0.6 is 0 Å². The van der Waals surface area contributed by atoms with Gasteiger partial charge in [0.1, 0.15) is 0 Å². The molecule has 0 radical (unpaired) electrons. The maximum atomic E-state index is 12.1. The molecule has 2 nitrogen and oxygen atoms in total. The lowest BCUT2D eigenvalue weighted by Crippen LogP contribution is -2.23. The summed E-state index contributed by atoms with van der Waals surface area (Å²) in [6.07, 6.45) is -3.77. The normalized spacial score (nSPS) is 23.1. The average molecular weight is 259 g/mol. The van der Waals surface area contributed by atoms with Gasteiger partial charge in [-0.3, -0.25) is 0 Å². The van der Waals surface area contributed by atoms with Crippen LogP contribution in [-0.4, -0.2) is 11.3 Å². The first kappa shape index (κ1) is 13.2. The summed E-state index contributed by atoms with van der Waals surface area (Å²) >= 11 is 0. The zero-order valence-corrected chi connectivity index (χ0v) is 9.93. The number of aliphatic hydroxyl groups is 1. The van der Waals surface area contributed by atoms with E-state index in [9.17, 15) is 18.3 Å². The Hall–Kier alpha value is -1.23. The number of hydrogen-bond donors (Lipinski definition) is 2. The Balaban J connectivity index is 2.06. The molecule has 0 aliphatic heterocycles. The van der Waals surface area contributed by atoms with Crippen LogP contribution < -0.4 is 5.73 Å². The SMILES string of the molecule is Nc1ccc2c(c1)CCC2(O)CCCC(F)(F)F. The van der Waals surface area contributed by atoms with Crippen molar-refractivity contribution in [2.24, 2.45) is 0 Å². The first-order valence-electron chi connectivity index (χ1n) is 5.98. The molecule has 0 bridgehead atoms. The highest BCUT2D eigenvalue weighted by Crippen LogP contribution is 2.41. The fraction of sp³-hybridized carbons (Fsp3) is 0.538. The largest absolute Gasteiger partial charge is 0.399 e. The van der Waals surface area contributed by atoms with Gasteiger partial charge >= 0.3 is 6.18 Å². The average Bonchev–Trinajstić information content (AvgIpc) is 2.54. The van der Waals surface area contributed by atoms with Crippen LogP contribution in [0.15, 0.2) is 18.2 Å². The topological polar surface area (TPSA) is 46.2 Å². The first-order valence-corrected chi connectivity index (χ1v) is 5.98. The fourth-order valence-electron chi connectivity index (χ4n) is 2.59. The van der Waals surface area contributed by atoms with Gasteiger partial charge in [0.05, 0.1) is 5.60 Å². The van der Waals surface area contributed by atoms with E-state index < -0.39 is 18.2 Å². The third kappa shape index (κ3) is 2.77. The highest BCUT2D eigenvalue weighted by Gasteiger charge is 2.37. The molecule has 3 N–H and O–H groups in total. The number of hydrogen-bond acceptors (Lipinski definition) is 2. The van der Waals surface area contributed by atoms with Gasteiger partial charge in [0, 0.05) is 12.1 Å². The van der Waals surface area contributed by atoms with Gasteiger partial charge in [-0.15, -0.1) is 0 Å². The molecule has 100 valence electrons. The summed E-state index contributed by atoms with van der Waals surface area (Å²) in [7, 11) is 0. The summed E-state index contributed by atoms with van der Waals surface area (Å²) in [4.78, 5) is 0. The van der Waals surface area contributed by atoms with Crippen molar-refractivity contribution in [1.29, 1.82) is 0 Å². The third-order valence-electron chi connectivity index (χ3n) is 3.49. The summed E-state index contributed by atoms with van der Waals surface area (Å²) in [5.41, 5.74) is 6.83. The molecule has 2 rings (SSSR count). The lowest BCUT2D eigenvalue weighted by atomic mass is 9.90. The number of halogens is 3. The molecule has 1 atom stereocenters. The van der Waals surface area contributed by atoms with Gasteiger partial charge in [0.25, 0.3) is 0 Å². The van der Waals surface area contributed by atoms with Crippen molar-refractivity contribution in [1.82, 2.24) is 0 Å². The molecule has 0 spiro atoms. The Bertz CT molecular complexity index is 444. The van der Waals surface area contributed by atoms with E-state index in [0.29, 0.717) is 18.5 Å². The van der Waals surface area contributed by atoms with Crippen molar-refractivity contribution in [3.63, 3.8) is 0 Å². The minimum Gasteiger partial charge on any atom is -0.399 e. The maximum absolute atomic E-state index is 12.1. The van der Waals surface area contributed by atoms with E-state index in [1.54, 1.807) is 18.2 Å². The summed E-state index contributed by atoms with van der Waals surface area (Å²) in [6, 6.07) is 5.20. The van der Waals surface area contributed by atoms with Crippen molar-refractivity contribution in [3.8, 4) is 0 Å². The number of anilines is 1. The van der Waals surface area contributed by atoms with Gasteiger partial charge in [-0.2, -0.15) is 13.2 Å². The molecule has 0 aromatic heterocycles. The van der Waals surface area contributed by atoms with Gasteiger partial charge in [0.15, 0.2) is 0 Å². The summed E-state index contributed by atoms with van der Waals surface area (Å²) in [5, 5.41) is 10.4. The van der Waals surface area contributed by atoms with Gasteiger partial charge < -0.3 is 10.8 Å². The summed E-state index contributed by atoms with van der Waals surface area (Å²) in [6.45, 7) is 0. The Labute approximate surface area is 104 Å². The molecule has 0 amide bonds. The van der Waals surface area contributed by atoms with E-state index in [0.717, 1.165) is 11.1 Å². The van der Waals surface area contributed by atoms with Crippen LogP contribution in [-0.2, 0) is 12.0 Å². The van der Waals surface area contributed by atoms with Crippen LogP contribution in [0.25, 0.3) is 0 Å². The molecule has 1 aliphatic rings. The van der Waals surface area contributed by atoms with E-state index >= 15 is 0 Å². The van der Waals surface area contributed by atoms with Crippen LogP contribution in [0.2, 0.25) is 0 Å². The number of rotatable bonds is 3. The first-order chi connectivity index (χ1) is 8.30. The molecule has 1 aromatic rings. The Morgan fingerprint density at radius 1 is 1.33 bits per heavy atom. The van der Waals surface area contributed by atoms with Crippen molar-refractivity contribution in [2.75, 3.05) is 5.73 Å². The second-order valence-electron chi connectivity index (χ2n) is 4.92. The highest BCUT2D eigenvalue weighted by atomic mass is 19.4. The van der Waals surface area contributed by atoms with Crippen molar-refractivity contribution >= 4 is 5.69 Å². The quantitative estimate of drug-likeness (QED) is 0.819. The molecular formula is C13H16F3NO. The fourth-order valence-corrected chi connectivity index (χ4v) is 2.59. The van der Waals surface area contributed by atoms with Crippen molar-refractivity contribution < 1.29 is 18.3 Å². The van der Waals surface area contributed by atoms with Crippen LogP contribution in [0.3, 0.4) is 0 Å². The predicted molar refractivity (Wildman–Crippen MR) is 63.0 cm³/mol. The smallest absolute Gasteiger partial charge is 0.389 e. The van der Waals surface area contributed by atoms with Crippen LogP contribution in [0.4, 0.5) is 18.9 Å². The lowest BCUT2D eigenvalue weighted by Gasteiger charge is -2.24. The van der Waals surface area contributed by atoms with Crippen molar-refractivity contribution in [2.45, 2.75) is 43.9 Å². The zero-order valence-electron chi connectivity index (χ0n) is 9.93. The lowest BCUT2D eigenvalue weighted by molar-refractivity contribution is -0.138. The van der Waals surface area contributed by atoms with E-state index in [4.69, 9.17) is 5.73 Å². The third-order valence-corrected chi connectivity index (χ3v) is 3.49. The second kappa shape index (κ2) is 4.46. The molecule has 5 heteroatoms. The number of nitrogens with two attached hydrogens (primary N) is 1. The van der Waals surface area contributed by atoms with E-state index in [-0.39, 0.29) is 12.8 Å². The molecule has 1 aliphatic carbocycles. The van der Waals surface area contributed by atoms with Crippen LogP contribution in [0.1, 0.15) is 36.8 Å². The maximum Gasteiger partial charge on any atom is 0.389 e. The van der Waals surface area contributed by atoms with E-state index in [2.05, 4.69) is 0 Å².